The van der Waals surface area contributed by atoms with E-state index >= 15 is 0 Å². The molecule has 4 nitrogen and oxygen atoms in total. The smallest absolute Gasteiger partial charge is 0.266 e. The molecule has 0 amide bonds. The number of ether oxygens (including phenoxy) is 1. The standard InChI is InChI=1S/C17H15ClN2O2/c1-2-22-15-10-6-5-9-14(15)20-16(11-18)19-13-8-4-3-7-12(13)17(20)21/h3-10H,2,11H2,1H3. The van der Waals surface area contributed by atoms with Crippen LogP contribution >= 0.6 is 11.6 Å². The summed E-state index contributed by atoms with van der Waals surface area (Å²) in [5, 5.41) is 0.558. The van der Waals surface area contributed by atoms with Crippen LogP contribution in [0.1, 0.15) is 12.7 Å². The highest BCUT2D eigenvalue weighted by atomic mass is 35.5. The van der Waals surface area contributed by atoms with Crippen LogP contribution in [0.15, 0.2) is 53.3 Å². The highest BCUT2D eigenvalue weighted by Gasteiger charge is 2.14. The molecule has 0 N–H and O–H groups in total. The second kappa shape index (κ2) is 6.20. The molecule has 1 heterocycles. The Morgan fingerprint density at radius 2 is 1.86 bits per heavy atom. The number of alkyl halides is 1. The number of fused-ring (bicyclic) bond motifs is 1. The fraction of sp³-hybridized carbons (Fsp3) is 0.176. The molecule has 0 spiro atoms. The first-order chi connectivity index (χ1) is 10.8. The van der Waals surface area contributed by atoms with E-state index in [1.807, 2.05) is 49.4 Å². The molecule has 0 unspecified atom stereocenters. The van der Waals surface area contributed by atoms with Gasteiger partial charge in [0.05, 0.1) is 29.1 Å². The highest BCUT2D eigenvalue weighted by molar-refractivity contribution is 6.16. The van der Waals surface area contributed by atoms with Gasteiger partial charge in [0.1, 0.15) is 11.6 Å². The van der Waals surface area contributed by atoms with Gasteiger partial charge in [0.25, 0.3) is 5.56 Å². The minimum absolute atomic E-state index is 0.139. The third-order valence-corrected chi connectivity index (χ3v) is 3.61. The summed E-state index contributed by atoms with van der Waals surface area (Å²) in [7, 11) is 0. The lowest BCUT2D eigenvalue weighted by atomic mass is 10.2. The van der Waals surface area contributed by atoms with Crippen LogP contribution in [0.4, 0.5) is 0 Å². The number of para-hydroxylation sites is 3. The Balaban J connectivity index is 2.35. The summed E-state index contributed by atoms with van der Waals surface area (Å²) in [6.07, 6.45) is 0. The molecule has 22 heavy (non-hydrogen) atoms. The number of rotatable bonds is 4. The Kier molecular flexibility index (Phi) is 4.11. The Labute approximate surface area is 132 Å². The second-order valence-corrected chi connectivity index (χ2v) is 4.99. The third-order valence-electron chi connectivity index (χ3n) is 3.37. The second-order valence-electron chi connectivity index (χ2n) is 4.72. The first-order valence-electron chi connectivity index (χ1n) is 7.05. The van der Waals surface area contributed by atoms with Crippen LogP contribution in [0.2, 0.25) is 0 Å². The normalized spacial score (nSPS) is 10.8. The van der Waals surface area contributed by atoms with Crippen molar-refractivity contribution in [3.63, 3.8) is 0 Å². The molecule has 0 saturated heterocycles. The maximum absolute atomic E-state index is 12.9. The lowest BCUT2D eigenvalue weighted by Gasteiger charge is -2.15. The van der Waals surface area contributed by atoms with Gasteiger partial charge in [-0.2, -0.15) is 0 Å². The first-order valence-corrected chi connectivity index (χ1v) is 7.58. The molecule has 0 bridgehead atoms. The Hall–Kier alpha value is -2.33. The average Bonchev–Trinajstić information content (AvgIpc) is 2.56. The van der Waals surface area contributed by atoms with Crippen LogP contribution < -0.4 is 10.3 Å². The minimum atomic E-state index is -0.145. The van der Waals surface area contributed by atoms with E-state index in [2.05, 4.69) is 4.98 Å². The molecule has 112 valence electrons. The number of nitrogens with zero attached hydrogens (tertiary/aromatic N) is 2. The van der Waals surface area contributed by atoms with E-state index in [1.54, 1.807) is 6.07 Å². The third kappa shape index (κ3) is 2.46. The van der Waals surface area contributed by atoms with E-state index in [-0.39, 0.29) is 11.4 Å². The molecule has 0 aliphatic carbocycles. The summed E-state index contributed by atoms with van der Waals surface area (Å²) in [6, 6.07) is 14.6. The van der Waals surface area contributed by atoms with Crippen LogP contribution in [0.25, 0.3) is 16.6 Å². The van der Waals surface area contributed by atoms with Crippen molar-refractivity contribution >= 4 is 22.5 Å². The van der Waals surface area contributed by atoms with E-state index in [0.717, 1.165) is 0 Å². The maximum Gasteiger partial charge on any atom is 0.266 e. The molecule has 2 aromatic carbocycles. The van der Waals surface area contributed by atoms with Crippen LogP contribution in [-0.4, -0.2) is 16.2 Å². The summed E-state index contributed by atoms with van der Waals surface area (Å²) in [4.78, 5) is 17.4. The number of hydrogen-bond acceptors (Lipinski definition) is 3. The molecular formula is C17H15ClN2O2. The first kappa shape index (κ1) is 14.6. The van der Waals surface area contributed by atoms with Gasteiger partial charge in [-0.1, -0.05) is 24.3 Å². The van der Waals surface area contributed by atoms with E-state index in [0.29, 0.717) is 34.8 Å². The molecule has 0 saturated carbocycles. The molecular weight excluding hydrogens is 300 g/mol. The van der Waals surface area contributed by atoms with Crippen LogP contribution in [0, 0.1) is 0 Å². The monoisotopic (exact) mass is 314 g/mol. The van der Waals surface area contributed by atoms with E-state index in [4.69, 9.17) is 16.3 Å². The van der Waals surface area contributed by atoms with Gasteiger partial charge in [0.2, 0.25) is 0 Å². The molecule has 0 radical (unpaired) electrons. The van der Waals surface area contributed by atoms with Crippen molar-refractivity contribution in [3.8, 4) is 11.4 Å². The minimum Gasteiger partial charge on any atom is -0.492 e. The molecule has 3 aromatic rings. The zero-order valence-corrected chi connectivity index (χ0v) is 12.9. The van der Waals surface area contributed by atoms with E-state index < -0.39 is 0 Å². The molecule has 0 aliphatic heterocycles. The van der Waals surface area contributed by atoms with Crippen molar-refractivity contribution in [2.45, 2.75) is 12.8 Å². The van der Waals surface area contributed by atoms with Gasteiger partial charge in [-0.3, -0.25) is 9.36 Å². The maximum atomic E-state index is 12.9. The molecule has 5 heteroatoms. The van der Waals surface area contributed by atoms with Crippen molar-refractivity contribution < 1.29 is 4.74 Å². The van der Waals surface area contributed by atoms with E-state index in [9.17, 15) is 4.79 Å². The topological polar surface area (TPSA) is 44.1 Å². The van der Waals surface area contributed by atoms with E-state index in [1.165, 1.54) is 4.57 Å². The SMILES string of the molecule is CCOc1ccccc1-n1c(CCl)nc2ccccc2c1=O. The molecule has 0 aliphatic rings. The van der Waals surface area contributed by atoms with Gasteiger partial charge < -0.3 is 4.74 Å². The average molecular weight is 315 g/mol. The number of halogens is 1. The highest BCUT2D eigenvalue weighted by Crippen LogP contribution is 2.23. The van der Waals surface area contributed by atoms with Crippen molar-refractivity contribution in [2.24, 2.45) is 0 Å². The van der Waals surface area contributed by atoms with Gasteiger partial charge in [0, 0.05) is 0 Å². The molecule has 0 atom stereocenters. The zero-order valence-electron chi connectivity index (χ0n) is 12.1. The van der Waals surface area contributed by atoms with Crippen LogP contribution in [0.3, 0.4) is 0 Å². The zero-order chi connectivity index (χ0) is 15.5. The summed E-state index contributed by atoms with van der Waals surface area (Å²) in [6.45, 7) is 2.42. The summed E-state index contributed by atoms with van der Waals surface area (Å²) in [5.41, 5.74) is 1.16. The lowest BCUT2D eigenvalue weighted by molar-refractivity contribution is 0.338. The Morgan fingerprint density at radius 3 is 2.64 bits per heavy atom. The molecule has 3 rings (SSSR count). The number of hydrogen-bond donors (Lipinski definition) is 0. The van der Waals surface area contributed by atoms with Gasteiger partial charge >= 0.3 is 0 Å². The summed E-state index contributed by atoms with van der Waals surface area (Å²) in [5.74, 6) is 1.27. The predicted octanol–water partition coefficient (Wildman–Crippen LogP) is 3.52. The van der Waals surface area contributed by atoms with Gasteiger partial charge in [-0.05, 0) is 31.2 Å². The quantitative estimate of drug-likeness (QED) is 0.692. The molecule has 0 fully saturated rings. The van der Waals surface area contributed by atoms with Gasteiger partial charge in [-0.25, -0.2) is 4.98 Å². The Morgan fingerprint density at radius 1 is 1.14 bits per heavy atom. The van der Waals surface area contributed by atoms with Crippen LogP contribution in [0.5, 0.6) is 5.75 Å². The summed E-state index contributed by atoms with van der Waals surface area (Å²) < 4.78 is 7.16. The predicted molar refractivity (Wildman–Crippen MR) is 88.1 cm³/mol. The fourth-order valence-electron chi connectivity index (χ4n) is 2.44. The van der Waals surface area contributed by atoms with Crippen molar-refractivity contribution in [1.82, 2.24) is 9.55 Å². The van der Waals surface area contributed by atoms with Crippen molar-refractivity contribution in [2.75, 3.05) is 6.61 Å². The lowest BCUT2D eigenvalue weighted by Crippen LogP contribution is -2.24. The summed E-state index contributed by atoms with van der Waals surface area (Å²) >= 11 is 6.02. The van der Waals surface area contributed by atoms with Crippen molar-refractivity contribution in [1.29, 1.82) is 0 Å². The van der Waals surface area contributed by atoms with Crippen molar-refractivity contribution in [3.05, 3.63) is 64.7 Å². The van der Waals surface area contributed by atoms with Gasteiger partial charge in [0.15, 0.2) is 0 Å². The largest absolute Gasteiger partial charge is 0.492 e. The van der Waals surface area contributed by atoms with Gasteiger partial charge in [-0.15, -0.1) is 11.6 Å². The Bertz CT molecular complexity index is 874. The number of benzene rings is 2. The number of aromatic nitrogens is 2. The fourth-order valence-corrected chi connectivity index (χ4v) is 2.62. The molecule has 1 aromatic heterocycles. The van der Waals surface area contributed by atoms with Crippen LogP contribution in [-0.2, 0) is 5.88 Å².